The number of rotatable bonds is 6. The van der Waals surface area contributed by atoms with Gasteiger partial charge in [0.15, 0.2) is 0 Å². The van der Waals surface area contributed by atoms with Crippen molar-refractivity contribution in [3.05, 3.63) is 150 Å². The number of hydrogen-bond acceptors (Lipinski definition) is 2. The predicted octanol–water partition coefficient (Wildman–Crippen LogP) is 6.86. The van der Waals surface area contributed by atoms with Crippen molar-refractivity contribution < 1.29 is 9.53 Å². The summed E-state index contributed by atoms with van der Waals surface area (Å²) in [7, 11) is 0. The minimum absolute atomic E-state index is 0.314. The standard InChI is InChI=1S/C29H22O2/c1-22(23-14-6-2-7-15-23)29(30)31-28(26-20-12-5-13-21-26)27(24-16-8-3-9-17-24)25-18-10-4-11-19-25/h2-21H,1H2. The quantitative estimate of drug-likeness (QED) is 0.152. The Bertz CT molecular complexity index is 1150. The Hall–Kier alpha value is -4.17. The van der Waals surface area contributed by atoms with Crippen LogP contribution in [0, 0.1) is 0 Å². The lowest BCUT2D eigenvalue weighted by atomic mass is 9.94. The molecule has 0 spiro atoms. The smallest absolute Gasteiger partial charge is 0.343 e. The summed E-state index contributed by atoms with van der Waals surface area (Å²) in [6, 6.07) is 39.0. The van der Waals surface area contributed by atoms with E-state index in [1.807, 2.05) is 121 Å². The number of esters is 1. The molecule has 0 saturated carbocycles. The highest BCUT2D eigenvalue weighted by molar-refractivity contribution is 6.18. The van der Waals surface area contributed by atoms with Gasteiger partial charge in [0.1, 0.15) is 5.76 Å². The summed E-state index contributed by atoms with van der Waals surface area (Å²) in [5.41, 5.74) is 4.65. The summed E-state index contributed by atoms with van der Waals surface area (Å²) in [4.78, 5) is 13.1. The van der Waals surface area contributed by atoms with Crippen LogP contribution in [0.15, 0.2) is 128 Å². The number of carbonyl (C=O) groups is 1. The summed E-state index contributed by atoms with van der Waals surface area (Å²) < 4.78 is 6.06. The lowest BCUT2D eigenvalue weighted by Gasteiger charge is -2.17. The van der Waals surface area contributed by atoms with Crippen molar-refractivity contribution in [3.63, 3.8) is 0 Å². The second kappa shape index (κ2) is 9.55. The van der Waals surface area contributed by atoms with Crippen LogP contribution in [0.2, 0.25) is 0 Å². The lowest BCUT2D eigenvalue weighted by molar-refractivity contribution is -0.130. The fourth-order valence-electron chi connectivity index (χ4n) is 3.39. The van der Waals surface area contributed by atoms with Gasteiger partial charge in [-0.25, -0.2) is 4.79 Å². The Morgan fingerprint density at radius 2 is 0.871 bits per heavy atom. The Morgan fingerprint density at radius 1 is 0.516 bits per heavy atom. The molecule has 150 valence electrons. The molecule has 4 aromatic rings. The molecule has 0 bridgehead atoms. The first-order valence-electron chi connectivity index (χ1n) is 10.1. The zero-order chi connectivity index (χ0) is 21.5. The van der Waals surface area contributed by atoms with Crippen LogP contribution in [-0.2, 0) is 9.53 Å². The van der Waals surface area contributed by atoms with Gasteiger partial charge in [-0.3, -0.25) is 0 Å². The molecule has 2 nitrogen and oxygen atoms in total. The highest BCUT2D eigenvalue weighted by Crippen LogP contribution is 2.34. The van der Waals surface area contributed by atoms with Crippen molar-refractivity contribution in [2.45, 2.75) is 0 Å². The van der Waals surface area contributed by atoms with E-state index in [2.05, 4.69) is 6.58 Å². The highest BCUT2D eigenvalue weighted by Gasteiger charge is 2.20. The van der Waals surface area contributed by atoms with Crippen molar-refractivity contribution in [2.75, 3.05) is 0 Å². The fourth-order valence-corrected chi connectivity index (χ4v) is 3.39. The minimum Gasteiger partial charge on any atom is -0.422 e. The Labute approximate surface area is 182 Å². The molecule has 0 fully saturated rings. The second-order valence-corrected chi connectivity index (χ2v) is 7.04. The molecule has 0 saturated heterocycles. The molecule has 0 aliphatic rings. The molecule has 0 amide bonds. The van der Waals surface area contributed by atoms with Crippen LogP contribution < -0.4 is 0 Å². The third-order valence-electron chi connectivity index (χ3n) is 4.95. The van der Waals surface area contributed by atoms with Crippen molar-refractivity contribution >= 4 is 22.9 Å². The summed E-state index contributed by atoms with van der Waals surface area (Å²) in [6.45, 7) is 3.98. The zero-order valence-electron chi connectivity index (χ0n) is 17.1. The van der Waals surface area contributed by atoms with Crippen LogP contribution >= 0.6 is 0 Å². The average molecular weight is 402 g/mol. The molecule has 4 aromatic carbocycles. The van der Waals surface area contributed by atoms with Crippen LogP contribution in [-0.4, -0.2) is 5.97 Å². The van der Waals surface area contributed by atoms with E-state index in [4.69, 9.17) is 4.74 Å². The van der Waals surface area contributed by atoms with E-state index in [0.717, 1.165) is 27.8 Å². The van der Waals surface area contributed by atoms with E-state index < -0.39 is 5.97 Å². The molecule has 0 aromatic heterocycles. The highest BCUT2D eigenvalue weighted by atomic mass is 16.5. The van der Waals surface area contributed by atoms with Crippen LogP contribution in [0.3, 0.4) is 0 Å². The van der Waals surface area contributed by atoms with Crippen LogP contribution in [0.5, 0.6) is 0 Å². The summed E-state index contributed by atoms with van der Waals surface area (Å²) in [5.74, 6) is 0.0227. The first-order valence-corrected chi connectivity index (χ1v) is 10.1. The molecular formula is C29H22O2. The van der Waals surface area contributed by atoms with E-state index in [-0.39, 0.29) is 0 Å². The van der Waals surface area contributed by atoms with Gasteiger partial charge in [0.25, 0.3) is 0 Å². The molecule has 0 unspecified atom stereocenters. The summed E-state index contributed by atoms with van der Waals surface area (Å²) in [5, 5.41) is 0. The predicted molar refractivity (Wildman–Crippen MR) is 127 cm³/mol. The molecule has 2 heteroatoms. The van der Waals surface area contributed by atoms with E-state index in [1.54, 1.807) is 0 Å². The van der Waals surface area contributed by atoms with Gasteiger partial charge < -0.3 is 4.74 Å². The summed E-state index contributed by atoms with van der Waals surface area (Å²) >= 11 is 0. The van der Waals surface area contributed by atoms with Crippen molar-refractivity contribution in [1.82, 2.24) is 0 Å². The molecule has 31 heavy (non-hydrogen) atoms. The normalized spacial score (nSPS) is 10.2. The molecule has 0 atom stereocenters. The van der Waals surface area contributed by atoms with E-state index in [9.17, 15) is 4.79 Å². The monoisotopic (exact) mass is 402 g/mol. The molecule has 0 radical (unpaired) electrons. The summed E-state index contributed by atoms with van der Waals surface area (Å²) in [6.07, 6.45) is 0. The molecular weight excluding hydrogens is 380 g/mol. The largest absolute Gasteiger partial charge is 0.422 e. The number of carbonyl (C=O) groups excluding carboxylic acids is 1. The second-order valence-electron chi connectivity index (χ2n) is 7.04. The Morgan fingerprint density at radius 3 is 1.29 bits per heavy atom. The molecule has 0 heterocycles. The van der Waals surface area contributed by atoms with Gasteiger partial charge in [0.05, 0.1) is 5.57 Å². The maximum Gasteiger partial charge on any atom is 0.343 e. The van der Waals surface area contributed by atoms with E-state index in [1.165, 1.54) is 0 Å². The van der Waals surface area contributed by atoms with Crippen LogP contribution in [0.4, 0.5) is 0 Å². The zero-order valence-corrected chi connectivity index (χ0v) is 17.1. The molecule has 4 rings (SSSR count). The molecule has 0 aliphatic carbocycles. The Balaban J connectivity index is 1.87. The van der Waals surface area contributed by atoms with Gasteiger partial charge >= 0.3 is 5.97 Å². The molecule has 0 aliphatic heterocycles. The Kier molecular flexibility index (Phi) is 6.20. The van der Waals surface area contributed by atoms with E-state index in [0.29, 0.717) is 11.3 Å². The first kappa shape index (κ1) is 20.1. The minimum atomic E-state index is -0.477. The third kappa shape index (κ3) is 4.71. The third-order valence-corrected chi connectivity index (χ3v) is 4.95. The molecule has 0 N–H and O–H groups in total. The maximum absolute atomic E-state index is 13.1. The van der Waals surface area contributed by atoms with E-state index >= 15 is 0 Å². The SMILES string of the molecule is C=C(C(=O)OC(=C(c1ccccc1)c1ccccc1)c1ccccc1)c1ccccc1. The van der Waals surface area contributed by atoms with Gasteiger partial charge in [-0.2, -0.15) is 0 Å². The van der Waals surface area contributed by atoms with Gasteiger partial charge in [-0.15, -0.1) is 0 Å². The van der Waals surface area contributed by atoms with Crippen LogP contribution in [0.1, 0.15) is 22.3 Å². The first-order chi connectivity index (χ1) is 15.2. The fraction of sp³-hybridized carbons (Fsp3) is 0. The number of benzene rings is 4. The van der Waals surface area contributed by atoms with Gasteiger partial charge in [0.2, 0.25) is 0 Å². The van der Waals surface area contributed by atoms with Gasteiger partial charge in [-0.05, 0) is 16.7 Å². The van der Waals surface area contributed by atoms with Crippen molar-refractivity contribution in [1.29, 1.82) is 0 Å². The van der Waals surface area contributed by atoms with Gasteiger partial charge in [-0.1, -0.05) is 128 Å². The van der Waals surface area contributed by atoms with Crippen molar-refractivity contribution in [3.8, 4) is 0 Å². The van der Waals surface area contributed by atoms with Gasteiger partial charge in [0, 0.05) is 11.1 Å². The van der Waals surface area contributed by atoms with Crippen molar-refractivity contribution in [2.24, 2.45) is 0 Å². The van der Waals surface area contributed by atoms with Crippen LogP contribution in [0.25, 0.3) is 16.9 Å². The number of ether oxygens (including phenoxy) is 1. The maximum atomic E-state index is 13.1. The average Bonchev–Trinajstić information content (AvgIpc) is 2.85. The topological polar surface area (TPSA) is 26.3 Å². The lowest BCUT2D eigenvalue weighted by Crippen LogP contribution is -2.08. The number of hydrogen-bond donors (Lipinski definition) is 0.